The number of para-hydroxylation sites is 1. The second-order valence-corrected chi connectivity index (χ2v) is 6.33. The number of nitrogens with zero attached hydrogens (tertiary/aromatic N) is 5. The molecule has 1 aromatic heterocycles. The van der Waals surface area contributed by atoms with Gasteiger partial charge in [0.2, 0.25) is 0 Å². The average Bonchev–Trinajstić information content (AvgIpc) is 3.19. The highest BCUT2D eigenvalue weighted by atomic mass is 16.5. The smallest absolute Gasteiger partial charge is 0.250 e. The Kier molecular flexibility index (Phi) is 4.91. The van der Waals surface area contributed by atoms with Crippen molar-refractivity contribution in [2.24, 2.45) is 0 Å². The fourth-order valence-corrected chi connectivity index (χ4v) is 3.39. The van der Waals surface area contributed by atoms with Crippen molar-refractivity contribution in [3.63, 3.8) is 0 Å². The lowest BCUT2D eigenvalue weighted by molar-refractivity contribution is 0.287. The Morgan fingerprint density at radius 2 is 1.67 bits per heavy atom. The molecule has 0 spiro atoms. The Balaban J connectivity index is 1.64. The average molecular weight is 365 g/mol. The lowest BCUT2D eigenvalue weighted by Crippen LogP contribution is -2.32. The van der Waals surface area contributed by atoms with E-state index in [2.05, 4.69) is 32.6 Å². The molecule has 0 bridgehead atoms. The topological polar surface area (TPSA) is 65.3 Å². The summed E-state index contributed by atoms with van der Waals surface area (Å²) in [6.07, 6.45) is 0.906. The molecule has 1 aliphatic heterocycles. The quantitative estimate of drug-likeness (QED) is 0.669. The van der Waals surface area contributed by atoms with E-state index in [-0.39, 0.29) is 0 Å². The van der Waals surface area contributed by atoms with E-state index < -0.39 is 0 Å². The highest BCUT2D eigenvalue weighted by Gasteiger charge is 2.24. The fourth-order valence-electron chi connectivity index (χ4n) is 3.39. The zero-order chi connectivity index (χ0) is 18.6. The maximum absolute atomic E-state index is 5.79. The van der Waals surface area contributed by atoms with Gasteiger partial charge < -0.3 is 14.4 Å². The van der Waals surface area contributed by atoms with Gasteiger partial charge in [-0.3, -0.25) is 0 Å². The standard InChI is InChI=1S/C20H23N5O2/c1-3-26-18-12-15-10-11-24(14-16(15)13-19(18)27-4-2)20-21-22-23-25(20)17-8-6-5-7-9-17/h5-9,12-13H,3-4,10-11,14H2,1-2H3. The van der Waals surface area contributed by atoms with Gasteiger partial charge in [0.25, 0.3) is 5.95 Å². The van der Waals surface area contributed by atoms with E-state index in [0.29, 0.717) is 13.2 Å². The summed E-state index contributed by atoms with van der Waals surface area (Å²) in [4.78, 5) is 2.20. The Morgan fingerprint density at radius 1 is 0.963 bits per heavy atom. The first-order chi connectivity index (χ1) is 13.3. The van der Waals surface area contributed by atoms with Crippen LogP contribution in [0.5, 0.6) is 11.5 Å². The van der Waals surface area contributed by atoms with Crippen LogP contribution in [0.4, 0.5) is 5.95 Å². The Hall–Kier alpha value is -3.09. The highest BCUT2D eigenvalue weighted by Crippen LogP contribution is 2.34. The second-order valence-electron chi connectivity index (χ2n) is 6.33. The molecule has 1 aliphatic rings. The molecule has 2 heterocycles. The predicted molar refractivity (Wildman–Crippen MR) is 103 cm³/mol. The molecule has 0 aliphatic carbocycles. The number of hydrogen-bond donors (Lipinski definition) is 0. The van der Waals surface area contributed by atoms with Crippen molar-refractivity contribution in [3.05, 3.63) is 53.6 Å². The summed E-state index contributed by atoms with van der Waals surface area (Å²) >= 11 is 0. The van der Waals surface area contributed by atoms with E-state index in [1.807, 2.05) is 44.2 Å². The largest absolute Gasteiger partial charge is 0.490 e. The molecule has 3 aromatic rings. The van der Waals surface area contributed by atoms with Gasteiger partial charge in [0.05, 0.1) is 18.9 Å². The second kappa shape index (κ2) is 7.65. The molecule has 0 atom stereocenters. The van der Waals surface area contributed by atoms with Gasteiger partial charge in [0.1, 0.15) is 0 Å². The van der Waals surface area contributed by atoms with Gasteiger partial charge in [-0.1, -0.05) is 23.3 Å². The molecule has 0 unspecified atom stereocenters. The first kappa shape index (κ1) is 17.3. The molecule has 27 heavy (non-hydrogen) atoms. The molecule has 0 saturated carbocycles. The van der Waals surface area contributed by atoms with Gasteiger partial charge >= 0.3 is 0 Å². The SMILES string of the molecule is CCOc1cc2c(cc1OCC)CN(c1nnnn1-c1ccccc1)CC2. The molecular formula is C20H23N5O2. The van der Waals surface area contributed by atoms with E-state index in [1.54, 1.807) is 4.68 Å². The van der Waals surface area contributed by atoms with Gasteiger partial charge in [0.15, 0.2) is 11.5 Å². The summed E-state index contributed by atoms with van der Waals surface area (Å²) in [7, 11) is 0. The molecule has 140 valence electrons. The van der Waals surface area contributed by atoms with E-state index in [1.165, 1.54) is 11.1 Å². The van der Waals surface area contributed by atoms with Crippen LogP contribution in [0.1, 0.15) is 25.0 Å². The maximum Gasteiger partial charge on any atom is 0.250 e. The van der Waals surface area contributed by atoms with Crippen molar-refractivity contribution >= 4 is 5.95 Å². The first-order valence-electron chi connectivity index (χ1n) is 9.30. The molecule has 0 amide bonds. The van der Waals surface area contributed by atoms with Crippen LogP contribution in [0.25, 0.3) is 5.69 Å². The van der Waals surface area contributed by atoms with Crippen LogP contribution in [0.2, 0.25) is 0 Å². The van der Waals surface area contributed by atoms with Crippen molar-refractivity contribution in [1.82, 2.24) is 20.2 Å². The fraction of sp³-hybridized carbons (Fsp3) is 0.350. The summed E-state index contributed by atoms with van der Waals surface area (Å²) in [6, 6.07) is 14.1. The number of fused-ring (bicyclic) bond motifs is 1. The first-order valence-corrected chi connectivity index (χ1v) is 9.30. The van der Waals surface area contributed by atoms with Gasteiger partial charge in [-0.15, -0.1) is 0 Å². The minimum absolute atomic E-state index is 0.606. The zero-order valence-corrected chi connectivity index (χ0v) is 15.6. The molecule has 7 nitrogen and oxygen atoms in total. The third-order valence-electron chi connectivity index (χ3n) is 4.61. The number of anilines is 1. The molecular weight excluding hydrogens is 342 g/mol. The van der Waals surface area contributed by atoms with Crippen LogP contribution < -0.4 is 14.4 Å². The number of tetrazole rings is 1. The normalized spacial score (nSPS) is 13.3. The van der Waals surface area contributed by atoms with Gasteiger partial charge in [-0.2, -0.15) is 4.68 Å². The summed E-state index contributed by atoms with van der Waals surface area (Å²) in [5.41, 5.74) is 3.46. The summed E-state index contributed by atoms with van der Waals surface area (Å²) in [5, 5.41) is 12.3. The Bertz CT molecular complexity index is 910. The van der Waals surface area contributed by atoms with E-state index >= 15 is 0 Å². The van der Waals surface area contributed by atoms with E-state index in [9.17, 15) is 0 Å². The van der Waals surface area contributed by atoms with Crippen LogP contribution in [-0.2, 0) is 13.0 Å². The highest BCUT2D eigenvalue weighted by molar-refractivity contribution is 5.51. The van der Waals surface area contributed by atoms with Crippen molar-refractivity contribution < 1.29 is 9.47 Å². The molecule has 0 N–H and O–H groups in total. The lowest BCUT2D eigenvalue weighted by Gasteiger charge is -2.30. The number of ether oxygens (including phenoxy) is 2. The monoisotopic (exact) mass is 365 g/mol. The van der Waals surface area contributed by atoms with Gasteiger partial charge in [0, 0.05) is 13.1 Å². The van der Waals surface area contributed by atoms with Crippen molar-refractivity contribution in [2.75, 3.05) is 24.7 Å². The molecule has 2 aromatic carbocycles. The summed E-state index contributed by atoms with van der Waals surface area (Å²) < 4.78 is 13.3. The maximum atomic E-state index is 5.79. The van der Waals surface area contributed by atoms with Crippen LogP contribution >= 0.6 is 0 Å². The number of benzene rings is 2. The zero-order valence-electron chi connectivity index (χ0n) is 15.6. The summed E-state index contributed by atoms with van der Waals surface area (Å²) in [5.74, 6) is 2.36. The van der Waals surface area contributed by atoms with E-state index in [0.717, 1.165) is 42.6 Å². The van der Waals surface area contributed by atoms with Crippen molar-refractivity contribution in [3.8, 4) is 17.2 Å². The van der Waals surface area contributed by atoms with Gasteiger partial charge in [-0.05, 0) is 66.1 Å². The molecule has 0 fully saturated rings. The number of aromatic nitrogens is 4. The third-order valence-corrected chi connectivity index (χ3v) is 4.61. The van der Waals surface area contributed by atoms with Crippen molar-refractivity contribution in [2.45, 2.75) is 26.8 Å². The van der Waals surface area contributed by atoms with Crippen LogP contribution in [-0.4, -0.2) is 40.0 Å². The number of hydrogen-bond acceptors (Lipinski definition) is 6. The van der Waals surface area contributed by atoms with Crippen LogP contribution in [0, 0.1) is 0 Å². The molecule has 0 radical (unpaired) electrons. The minimum Gasteiger partial charge on any atom is -0.490 e. The Morgan fingerprint density at radius 3 is 2.37 bits per heavy atom. The third kappa shape index (κ3) is 3.45. The van der Waals surface area contributed by atoms with Gasteiger partial charge in [-0.25, -0.2) is 0 Å². The van der Waals surface area contributed by atoms with Crippen LogP contribution in [0.3, 0.4) is 0 Å². The molecule has 0 saturated heterocycles. The van der Waals surface area contributed by atoms with Crippen LogP contribution in [0.15, 0.2) is 42.5 Å². The van der Waals surface area contributed by atoms with E-state index in [4.69, 9.17) is 9.47 Å². The minimum atomic E-state index is 0.606. The molecule has 4 rings (SSSR count). The molecule has 7 heteroatoms. The van der Waals surface area contributed by atoms with Crippen molar-refractivity contribution in [1.29, 1.82) is 0 Å². The Labute approximate surface area is 158 Å². The lowest BCUT2D eigenvalue weighted by atomic mass is 9.99. The predicted octanol–water partition coefficient (Wildman–Crippen LogP) is 3.02. The number of rotatable bonds is 6. The summed E-state index contributed by atoms with van der Waals surface area (Å²) in [6.45, 7) is 6.77.